The quantitative estimate of drug-likeness (QED) is 0.527. The highest BCUT2D eigenvalue weighted by Gasteiger charge is 2.17. The molecule has 0 aromatic rings. The van der Waals surface area contributed by atoms with Gasteiger partial charge >= 0.3 is 0 Å². The monoisotopic (exact) mass is 218 g/mol. The van der Waals surface area contributed by atoms with E-state index in [1.807, 2.05) is 0 Å². The van der Waals surface area contributed by atoms with Crippen LogP contribution in [-0.4, -0.2) is 0 Å². The highest BCUT2D eigenvalue weighted by Crippen LogP contribution is 2.30. The Balaban J connectivity index is 1.96. The SMILES string of the molecule is C1=C\C(C2/C=C\CCCCC2)CCCCC/1. The van der Waals surface area contributed by atoms with Crippen molar-refractivity contribution in [2.24, 2.45) is 11.8 Å². The molecule has 0 saturated heterocycles. The molecule has 0 aromatic heterocycles. The molecule has 0 spiro atoms. The van der Waals surface area contributed by atoms with Gasteiger partial charge in [-0.3, -0.25) is 0 Å². The van der Waals surface area contributed by atoms with Crippen molar-refractivity contribution < 1.29 is 0 Å². The van der Waals surface area contributed by atoms with Crippen LogP contribution in [-0.2, 0) is 0 Å². The first kappa shape index (κ1) is 12.0. The molecule has 0 bridgehead atoms. The maximum absolute atomic E-state index is 2.52. The van der Waals surface area contributed by atoms with E-state index in [0.717, 1.165) is 11.8 Å². The van der Waals surface area contributed by atoms with E-state index in [1.165, 1.54) is 64.2 Å². The Morgan fingerprint density at radius 1 is 0.562 bits per heavy atom. The molecule has 16 heavy (non-hydrogen) atoms. The zero-order valence-corrected chi connectivity index (χ0v) is 10.5. The molecule has 0 nitrogen and oxygen atoms in total. The van der Waals surface area contributed by atoms with Crippen LogP contribution in [0.5, 0.6) is 0 Å². The lowest BCUT2D eigenvalue weighted by Gasteiger charge is -2.24. The Morgan fingerprint density at radius 2 is 1.06 bits per heavy atom. The molecule has 2 aliphatic carbocycles. The molecule has 0 heterocycles. The first-order chi connectivity index (χ1) is 7.97. The summed E-state index contributed by atoms with van der Waals surface area (Å²) in [6.07, 6.45) is 24.0. The molecule has 0 amide bonds. The number of hydrogen-bond donors (Lipinski definition) is 0. The highest BCUT2D eigenvalue weighted by molar-refractivity contribution is 5.01. The van der Waals surface area contributed by atoms with Gasteiger partial charge < -0.3 is 0 Å². The van der Waals surface area contributed by atoms with E-state index in [2.05, 4.69) is 24.3 Å². The third kappa shape index (κ3) is 3.81. The lowest BCUT2D eigenvalue weighted by molar-refractivity contribution is 0.379. The number of rotatable bonds is 1. The third-order valence-corrected chi connectivity index (χ3v) is 4.13. The summed E-state index contributed by atoms with van der Waals surface area (Å²) in [6, 6.07) is 0. The standard InChI is InChI=1S/C16H26/c1-3-7-11-15(12-8-4-1)16-13-9-5-2-6-10-14-16/h7,9,11,13,15-16H,1-6,8,10,12,14H2/b11-7-,13-9-. The Kier molecular flexibility index (Phi) is 5.18. The van der Waals surface area contributed by atoms with E-state index in [0.29, 0.717) is 0 Å². The van der Waals surface area contributed by atoms with Crippen LogP contribution in [0.1, 0.15) is 64.2 Å². The van der Waals surface area contributed by atoms with Gasteiger partial charge in [0.15, 0.2) is 0 Å². The lowest BCUT2D eigenvalue weighted by atomic mass is 9.81. The van der Waals surface area contributed by atoms with Crippen LogP contribution in [0.3, 0.4) is 0 Å². The van der Waals surface area contributed by atoms with Crippen LogP contribution in [0.4, 0.5) is 0 Å². The van der Waals surface area contributed by atoms with Gasteiger partial charge in [-0.05, 0) is 50.4 Å². The molecule has 0 heteroatoms. The van der Waals surface area contributed by atoms with Crippen LogP contribution in [0.15, 0.2) is 24.3 Å². The molecule has 2 aliphatic rings. The molecular weight excluding hydrogens is 192 g/mol. The molecule has 2 atom stereocenters. The van der Waals surface area contributed by atoms with Crippen LogP contribution < -0.4 is 0 Å². The third-order valence-electron chi connectivity index (χ3n) is 4.13. The predicted molar refractivity (Wildman–Crippen MR) is 71.4 cm³/mol. The summed E-state index contributed by atoms with van der Waals surface area (Å²) in [5, 5.41) is 0. The Bertz CT molecular complexity index is 210. The van der Waals surface area contributed by atoms with Gasteiger partial charge in [-0.15, -0.1) is 0 Å². The Labute approximate surface area is 101 Å². The van der Waals surface area contributed by atoms with Gasteiger partial charge in [-0.1, -0.05) is 50.0 Å². The molecule has 0 saturated carbocycles. The maximum atomic E-state index is 2.52. The van der Waals surface area contributed by atoms with Crippen molar-refractivity contribution in [3.05, 3.63) is 24.3 Å². The van der Waals surface area contributed by atoms with Gasteiger partial charge in [0.1, 0.15) is 0 Å². The molecule has 2 unspecified atom stereocenters. The topological polar surface area (TPSA) is 0 Å². The van der Waals surface area contributed by atoms with E-state index in [1.54, 1.807) is 0 Å². The second-order valence-corrected chi connectivity index (χ2v) is 5.46. The minimum absolute atomic E-state index is 0.842. The fraction of sp³-hybridized carbons (Fsp3) is 0.750. The van der Waals surface area contributed by atoms with E-state index >= 15 is 0 Å². The summed E-state index contributed by atoms with van der Waals surface area (Å²) in [6.45, 7) is 0. The van der Waals surface area contributed by atoms with Crippen LogP contribution in [0, 0.1) is 11.8 Å². The molecule has 0 N–H and O–H groups in total. The fourth-order valence-electron chi connectivity index (χ4n) is 3.09. The van der Waals surface area contributed by atoms with E-state index in [-0.39, 0.29) is 0 Å². The molecule has 0 fully saturated rings. The molecule has 90 valence electrons. The van der Waals surface area contributed by atoms with Gasteiger partial charge in [0, 0.05) is 0 Å². The van der Waals surface area contributed by atoms with E-state index < -0.39 is 0 Å². The largest absolute Gasteiger partial charge is 0.0882 e. The van der Waals surface area contributed by atoms with Crippen molar-refractivity contribution >= 4 is 0 Å². The van der Waals surface area contributed by atoms with Gasteiger partial charge in [0.25, 0.3) is 0 Å². The smallest absolute Gasteiger partial charge is 0.0171 e. The number of hydrogen-bond acceptors (Lipinski definition) is 0. The summed E-state index contributed by atoms with van der Waals surface area (Å²) in [5.74, 6) is 1.68. The first-order valence-corrected chi connectivity index (χ1v) is 7.30. The summed E-state index contributed by atoms with van der Waals surface area (Å²) in [5.41, 5.74) is 0. The average Bonchev–Trinajstić information content (AvgIpc) is 2.18. The fourth-order valence-corrected chi connectivity index (χ4v) is 3.09. The summed E-state index contributed by atoms with van der Waals surface area (Å²) in [7, 11) is 0. The summed E-state index contributed by atoms with van der Waals surface area (Å²) in [4.78, 5) is 0. The first-order valence-electron chi connectivity index (χ1n) is 7.30. The minimum Gasteiger partial charge on any atom is -0.0882 e. The second-order valence-electron chi connectivity index (χ2n) is 5.46. The van der Waals surface area contributed by atoms with Crippen molar-refractivity contribution in [2.45, 2.75) is 64.2 Å². The van der Waals surface area contributed by atoms with Crippen molar-refractivity contribution in [2.75, 3.05) is 0 Å². The predicted octanol–water partition coefficient (Wildman–Crippen LogP) is 5.26. The normalized spacial score (nSPS) is 36.5. The van der Waals surface area contributed by atoms with Gasteiger partial charge in [-0.25, -0.2) is 0 Å². The van der Waals surface area contributed by atoms with Crippen molar-refractivity contribution in [1.82, 2.24) is 0 Å². The van der Waals surface area contributed by atoms with E-state index in [4.69, 9.17) is 0 Å². The molecule has 0 aromatic carbocycles. The molecule has 2 rings (SSSR count). The van der Waals surface area contributed by atoms with Crippen molar-refractivity contribution in [1.29, 1.82) is 0 Å². The molecule has 0 radical (unpaired) electrons. The summed E-state index contributed by atoms with van der Waals surface area (Å²) >= 11 is 0. The Hall–Kier alpha value is -0.520. The molecular formula is C16H26. The van der Waals surface area contributed by atoms with Crippen molar-refractivity contribution in [3.63, 3.8) is 0 Å². The van der Waals surface area contributed by atoms with Crippen LogP contribution >= 0.6 is 0 Å². The zero-order chi connectivity index (χ0) is 11.1. The van der Waals surface area contributed by atoms with E-state index in [9.17, 15) is 0 Å². The van der Waals surface area contributed by atoms with Crippen LogP contribution in [0.2, 0.25) is 0 Å². The van der Waals surface area contributed by atoms with Crippen LogP contribution in [0.25, 0.3) is 0 Å². The molecule has 0 aliphatic heterocycles. The zero-order valence-electron chi connectivity index (χ0n) is 10.5. The minimum atomic E-state index is 0.842. The Morgan fingerprint density at radius 3 is 1.56 bits per heavy atom. The van der Waals surface area contributed by atoms with Gasteiger partial charge in [-0.2, -0.15) is 0 Å². The van der Waals surface area contributed by atoms with Crippen molar-refractivity contribution in [3.8, 4) is 0 Å². The average molecular weight is 218 g/mol. The number of allylic oxidation sites excluding steroid dienone is 4. The second kappa shape index (κ2) is 6.93. The lowest BCUT2D eigenvalue weighted by Crippen LogP contribution is -2.12. The maximum Gasteiger partial charge on any atom is -0.0171 e. The van der Waals surface area contributed by atoms with Gasteiger partial charge in [0.2, 0.25) is 0 Å². The van der Waals surface area contributed by atoms with Gasteiger partial charge in [0.05, 0.1) is 0 Å². The summed E-state index contributed by atoms with van der Waals surface area (Å²) < 4.78 is 0. The highest BCUT2D eigenvalue weighted by atomic mass is 14.2.